The zero-order chi connectivity index (χ0) is 9.97. The summed E-state index contributed by atoms with van der Waals surface area (Å²) >= 11 is 0. The smallest absolute Gasteiger partial charge is 0.258 e. The molecule has 1 aromatic carbocycles. The Morgan fingerprint density at radius 2 is 2.29 bits per heavy atom. The van der Waals surface area contributed by atoms with Gasteiger partial charge in [0, 0.05) is 0 Å². The summed E-state index contributed by atoms with van der Waals surface area (Å²) in [6.45, 7) is 0. The maximum atomic E-state index is 8.71. The molecule has 1 heterocycles. The van der Waals surface area contributed by atoms with Crippen molar-refractivity contribution >= 4 is 5.69 Å². The molecule has 0 bridgehead atoms. The van der Waals surface area contributed by atoms with Crippen molar-refractivity contribution in [1.82, 2.24) is 0 Å². The van der Waals surface area contributed by atoms with Crippen molar-refractivity contribution in [2.45, 2.75) is 0 Å². The van der Waals surface area contributed by atoms with Gasteiger partial charge in [0.05, 0.1) is 12.8 Å². The number of anilines is 1. The third-order valence-electron chi connectivity index (χ3n) is 1.86. The van der Waals surface area contributed by atoms with E-state index in [0.717, 1.165) is 5.69 Å². The van der Waals surface area contributed by atoms with Gasteiger partial charge in [0.2, 0.25) is 0 Å². The van der Waals surface area contributed by atoms with Gasteiger partial charge in [-0.25, -0.2) is 0 Å². The Hall–Kier alpha value is -2.15. The van der Waals surface area contributed by atoms with Crippen LogP contribution in [0.1, 0.15) is 0 Å². The molecule has 0 atom stereocenters. The van der Waals surface area contributed by atoms with Gasteiger partial charge >= 0.3 is 0 Å². The molecule has 1 aliphatic heterocycles. The molecule has 70 valence electrons. The third-order valence-corrected chi connectivity index (χ3v) is 1.86. The number of rotatable bonds is 1. The van der Waals surface area contributed by atoms with Crippen LogP contribution < -0.4 is 10.1 Å². The highest BCUT2D eigenvalue weighted by molar-refractivity contribution is 5.64. The van der Waals surface area contributed by atoms with Crippen LogP contribution >= 0.6 is 0 Å². The van der Waals surface area contributed by atoms with Gasteiger partial charge in [0.25, 0.3) is 11.6 Å². The van der Waals surface area contributed by atoms with E-state index in [1.807, 2.05) is 30.3 Å². The van der Waals surface area contributed by atoms with Crippen LogP contribution in [0.3, 0.4) is 0 Å². The van der Waals surface area contributed by atoms with Gasteiger partial charge in [-0.1, -0.05) is 12.1 Å². The summed E-state index contributed by atoms with van der Waals surface area (Å²) in [6, 6.07) is 9.34. The number of nitrogens with one attached hydrogen (secondary N) is 1. The van der Waals surface area contributed by atoms with Gasteiger partial charge in [0.15, 0.2) is 5.75 Å². The number of nitriles is 1. The Balaban J connectivity index is 2.36. The molecule has 0 saturated carbocycles. The van der Waals surface area contributed by atoms with Crippen LogP contribution in [0, 0.1) is 11.3 Å². The quantitative estimate of drug-likeness (QED) is 0.539. The lowest BCUT2D eigenvalue weighted by atomic mass is 10.3. The van der Waals surface area contributed by atoms with E-state index >= 15 is 0 Å². The molecule has 0 amide bonds. The summed E-state index contributed by atoms with van der Waals surface area (Å²) in [4.78, 5) is 0. The lowest BCUT2D eigenvalue weighted by Crippen LogP contribution is -2.02. The molecular formula is C10H8N2O2. The Labute approximate surface area is 81.4 Å². The maximum Gasteiger partial charge on any atom is 0.258 e. The number of para-hydroxylation sites is 2. The van der Waals surface area contributed by atoms with Crippen LogP contribution in [0.5, 0.6) is 5.75 Å². The predicted octanol–water partition coefficient (Wildman–Crippen LogP) is 1.83. The first-order chi connectivity index (χ1) is 6.85. The van der Waals surface area contributed by atoms with Crippen molar-refractivity contribution in [1.29, 1.82) is 5.26 Å². The lowest BCUT2D eigenvalue weighted by Gasteiger charge is -2.00. The highest BCUT2D eigenvalue weighted by Gasteiger charge is 2.20. The first-order valence-electron chi connectivity index (χ1n) is 4.07. The summed E-state index contributed by atoms with van der Waals surface area (Å²) in [5, 5.41) is 11.7. The first-order valence-corrected chi connectivity index (χ1v) is 4.07. The molecule has 1 N–H and O–H groups in total. The summed E-state index contributed by atoms with van der Waals surface area (Å²) in [6.07, 6.45) is 0. The summed E-state index contributed by atoms with van der Waals surface area (Å²) in [5.74, 6) is 1.18. The van der Waals surface area contributed by atoms with Crippen molar-refractivity contribution in [2.24, 2.45) is 0 Å². The maximum absolute atomic E-state index is 8.71. The molecule has 0 radical (unpaired) electrons. The minimum absolute atomic E-state index is 0.140. The van der Waals surface area contributed by atoms with Gasteiger partial charge < -0.3 is 14.8 Å². The second kappa shape index (κ2) is 3.30. The largest absolute Gasteiger partial charge is 0.483 e. The number of methoxy groups -OCH3 is 1. The van der Waals surface area contributed by atoms with Crippen LogP contribution in [-0.4, -0.2) is 7.11 Å². The normalized spacial score (nSPS) is 16.0. The predicted molar refractivity (Wildman–Crippen MR) is 50.3 cm³/mol. The molecule has 0 spiro atoms. The van der Waals surface area contributed by atoms with E-state index in [0.29, 0.717) is 11.6 Å². The number of hydrogen-bond donors (Lipinski definition) is 1. The highest BCUT2D eigenvalue weighted by Crippen LogP contribution is 2.33. The average molecular weight is 188 g/mol. The van der Waals surface area contributed by atoms with E-state index < -0.39 is 0 Å². The van der Waals surface area contributed by atoms with Gasteiger partial charge in [-0.15, -0.1) is 0 Å². The fraction of sp³-hybridized carbons (Fsp3) is 0.100. The highest BCUT2D eigenvalue weighted by atomic mass is 16.5. The standard InChI is InChI=1S/C10H8N2O2/c1-13-9(6-11)10-12-7-4-2-3-5-8(7)14-10/h2-5,12H,1H3. The Kier molecular flexibility index (Phi) is 1.99. The molecule has 4 heteroatoms. The second-order valence-corrected chi connectivity index (χ2v) is 2.70. The Morgan fingerprint density at radius 3 is 2.93 bits per heavy atom. The average Bonchev–Trinajstić information content (AvgIpc) is 2.63. The van der Waals surface area contributed by atoms with E-state index in [1.165, 1.54) is 7.11 Å². The number of hydrogen-bond acceptors (Lipinski definition) is 4. The molecule has 0 fully saturated rings. The van der Waals surface area contributed by atoms with E-state index in [2.05, 4.69) is 5.32 Å². The molecule has 1 aliphatic rings. The Bertz CT molecular complexity index is 405. The molecular weight excluding hydrogens is 180 g/mol. The van der Waals surface area contributed by atoms with Crippen molar-refractivity contribution in [2.75, 3.05) is 12.4 Å². The number of benzene rings is 1. The van der Waals surface area contributed by atoms with Gasteiger partial charge in [-0.3, -0.25) is 0 Å². The van der Waals surface area contributed by atoms with Crippen LogP contribution in [0.2, 0.25) is 0 Å². The molecule has 0 aromatic heterocycles. The van der Waals surface area contributed by atoms with Gasteiger partial charge in [-0.05, 0) is 12.1 Å². The molecule has 14 heavy (non-hydrogen) atoms. The van der Waals surface area contributed by atoms with Crippen LogP contribution in [0.4, 0.5) is 5.69 Å². The fourth-order valence-electron chi connectivity index (χ4n) is 1.21. The second-order valence-electron chi connectivity index (χ2n) is 2.70. The minimum Gasteiger partial charge on any atom is -0.483 e. The number of allylic oxidation sites excluding steroid dienone is 1. The van der Waals surface area contributed by atoms with Crippen molar-refractivity contribution in [3.63, 3.8) is 0 Å². The zero-order valence-electron chi connectivity index (χ0n) is 7.57. The molecule has 1 aromatic rings. The number of ether oxygens (including phenoxy) is 2. The van der Waals surface area contributed by atoms with Crippen molar-refractivity contribution in [3.8, 4) is 11.8 Å². The van der Waals surface area contributed by atoms with E-state index in [4.69, 9.17) is 14.7 Å². The van der Waals surface area contributed by atoms with Gasteiger partial charge in [0.1, 0.15) is 6.07 Å². The first kappa shape index (κ1) is 8.45. The Morgan fingerprint density at radius 1 is 1.50 bits per heavy atom. The van der Waals surface area contributed by atoms with Crippen molar-refractivity contribution in [3.05, 3.63) is 35.9 Å². The van der Waals surface area contributed by atoms with Gasteiger partial charge in [-0.2, -0.15) is 5.26 Å². The fourth-order valence-corrected chi connectivity index (χ4v) is 1.21. The van der Waals surface area contributed by atoms with E-state index in [9.17, 15) is 0 Å². The summed E-state index contributed by atoms with van der Waals surface area (Å²) in [5.41, 5.74) is 0.840. The number of fused-ring (bicyclic) bond motifs is 1. The lowest BCUT2D eigenvalue weighted by molar-refractivity contribution is 0.283. The summed E-state index contributed by atoms with van der Waals surface area (Å²) in [7, 11) is 1.43. The molecule has 4 nitrogen and oxygen atoms in total. The molecule has 0 saturated heterocycles. The monoisotopic (exact) mass is 188 g/mol. The molecule has 0 unspecified atom stereocenters. The summed E-state index contributed by atoms with van der Waals surface area (Å²) < 4.78 is 10.2. The number of nitrogens with zero attached hydrogens (tertiary/aromatic N) is 1. The molecule has 0 aliphatic carbocycles. The molecule has 2 rings (SSSR count). The van der Waals surface area contributed by atoms with Crippen LogP contribution in [0.25, 0.3) is 0 Å². The minimum atomic E-state index is 0.140. The third kappa shape index (κ3) is 1.25. The van der Waals surface area contributed by atoms with Crippen LogP contribution in [-0.2, 0) is 4.74 Å². The van der Waals surface area contributed by atoms with E-state index in [-0.39, 0.29) is 5.76 Å². The van der Waals surface area contributed by atoms with E-state index in [1.54, 1.807) is 0 Å². The van der Waals surface area contributed by atoms with Crippen LogP contribution in [0.15, 0.2) is 35.9 Å². The zero-order valence-corrected chi connectivity index (χ0v) is 7.57. The topological polar surface area (TPSA) is 54.3 Å². The SMILES string of the molecule is COC(C#N)=C1Nc2ccccc2O1. The van der Waals surface area contributed by atoms with Crippen molar-refractivity contribution < 1.29 is 9.47 Å².